The third-order valence-corrected chi connectivity index (χ3v) is 5.79. The van der Waals surface area contributed by atoms with Crippen LogP contribution < -0.4 is 31.4 Å². The molecular formula is C26H23ClN4O6. The van der Waals surface area contributed by atoms with Crippen LogP contribution in [0.25, 0.3) is 10.9 Å². The van der Waals surface area contributed by atoms with Gasteiger partial charge in [-0.15, -0.1) is 0 Å². The third-order valence-electron chi connectivity index (χ3n) is 5.55. The molecule has 0 spiro atoms. The Kier molecular flexibility index (Phi) is 7.59. The number of fused-ring (bicyclic) bond motifs is 1. The number of anilines is 2. The topological polar surface area (TPSA) is 121 Å². The molecule has 0 aliphatic carbocycles. The Labute approximate surface area is 216 Å². The zero-order chi connectivity index (χ0) is 26.5. The van der Waals surface area contributed by atoms with Crippen molar-refractivity contribution in [1.29, 1.82) is 0 Å². The van der Waals surface area contributed by atoms with Gasteiger partial charge in [0, 0.05) is 5.02 Å². The summed E-state index contributed by atoms with van der Waals surface area (Å²) in [5.41, 5.74) is -0.496. The van der Waals surface area contributed by atoms with Gasteiger partial charge in [0.05, 0.1) is 36.5 Å². The molecule has 0 aliphatic heterocycles. The molecule has 0 saturated carbocycles. The first-order valence-corrected chi connectivity index (χ1v) is 11.5. The van der Waals surface area contributed by atoms with Crippen molar-refractivity contribution >= 4 is 45.7 Å². The van der Waals surface area contributed by atoms with Crippen molar-refractivity contribution in [1.82, 2.24) is 9.13 Å². The van der Waals surface area contributed by atoms with Crippen molar-refractivity contribution in [2.24, 2.45) is 0 Å². The lowest BCUT2D eigenvalue weighted by atomic mass is 10.2. The van der Waals surface area contributed by atoms with E-state index >= 15 is 0 Å². The number of hydrogen-bond acceptors (Lipinski definition) is 6. The lowest BCUT2D eigenvalue weighted by molar-refractivity contribution is -0.117. The van der Waals surface area contributed by atoms with E-state index in [4.69, 9.17) is 21.1 Å². The molecule has 190 valence electrons. The van der Waals surface area contributed by atoms with Gasteiger partial charge in [-0.05, 0) is 42.5 Å². The molecule has 0 atom stereocenters. The Hall–Kier alpha value is -4.57. The van der Waals surface area contributed by atoms with Gasteiger partial charge in [0.25, 0.3) is 5.56 Å². The molecule has 0 aliphatic rings. The maximum absolute atomic E-state index is 13.4. The molecule has 1 aromatic heterocycles. The van der Waals surface area contributed by atoms with Gasteiger partial charge in [-0.3, -0.25) is 23.5 Å². The number of amides is 2. The average molecular weight is 523 g/mol. The number of nitrogens with one attached hydrogen (secondary N) is 2. The van der Waals surface area contributed by atoms with Crippen LogP contribution in [0, 0.1) is 0 Å². The van der Waals surface area contributed by atoms with E-state index in [0.29, 0.717) is 27.9 Å². The molecule has 2 amide bonds. The summed E-state index contributed by atoms with van der Waals surface area (Å²) < 4.78 is 12.4. The highest BCUT2D eigenvalue weighted by Crippen LogP contribution is 2.27. The fourth-order valence-electron chi connectivity index (χ4n) is 3.86. The van der Waals surface area contributed by atoms with Crippen LogP contribution in [-0.4, -0.2) is 35.2 Å². The van der Waals surface area contributed by atoms with E-state index < -0.39 is 36.2 Å². The van der Waals surface area contributed by atoms with E-state index in [0.717, 1.165) is 9.13 Å². The summed E-state index contributed by atoms with van der Waals surface area (Å²) in [6.45, 7) is -0.992. The second kappa shape index (κ2) is 11.0. The number of benzene rings is 3. The zero-order valence-electron chi connectivity index (χ0n) is 20.0. The molecule has 11 heteroatoms. The van der Waals surface area contributed by atoms with Crippen molar-refractivity contribution in [2.45, 2.75) is 13.1 Å². The zero-order valence-corrected chi connectivity index (χ0v) is 20.7. The summed E-state index contributed by atoms with van der Waals surface area (Å²) in [6, 6.07) is 17.8. The molecule has 4 aromatic rings. The summed E-state index contributed by atoms with van der Waals surface area (Å²) >= 11 is 6.04. The maximum atomic E-state index is 13.4. The van der Waals surface area contributed by atoms with Crippen LogP contribution in [-0.2, 0) is 22.7 Å². The predicted octanol–water partition coefficient (Wildman–Crippen LogP) is 3.11. The number of carbonyl (C=O) groups excluding carboxylic acids is 2. The van der Waals surface area contributed by atoms with E-state index in [1.807, 2.05) is 0 Å². The van der Waals surface area contributed by atoms with Gasteiger partial charge in [0.15, 0.2) is 0 Å². The lowest BCUT2D eigenvalue weighted by Gasteiger charge is -2.15. The van der Waals surface area contributed by atoms with Gasteiger partial charge >= 0.3 is 5.69 Å². The largest absolute Gasteiger partial charge is 0.495 e. The van der Waals surface area contributed by atoms with Gasteiger partial charge in [-0.2, -0.15) is 0 Å². The predicted molar refractivity (Wildman–Crippen MR) is 141 cm³/mol. The number of carbonyl (C=O) groups is 2. The van der Waals surface area contributed by atoms with Crippen LogP contribution in [0.5, 0.6) is 11.5 Å². The minimum Gasteiger partial charge on any atom is -0.495 e. The number of methoxy groups -OCH3 is 2. The smallest absolute Gasteiger partial charge is 0.332 e. The molecule has 1 heterocycles. The van der Waals surface area contributed by atoms with Crippen molar-refractivity contribution < 1.29 is 19.1 Å². The number of para-hydroxylation sites is 3. The van der Waals surface area contributed by atoms with Gasteiger partial charge in [-0.25, -0.2) is 4.79 Å². The van der Waals surface area contributed by atoms with Crippen molar-refractivity contribution in [2.75, 3.05) is 24.9 Å². The van der Waals surface area contributed by atoms with Gasteiger partial charge in [-0.1, -0.05) is 35.9 Å². The molecule has 0 radical (unpaired) electrons. The highest BCUT2D eigenvalue weighted by molar-refractivity contribution is 6.31. The Morgan fingerprint density at radius 2 is 1.38 bits per heavy atom. The van der Waals surface area contributed by atoms with Gasteiger partial charge in [0.2, 0.25) is 11.8 Å². The minimum atomic E-state index is -0.813. The summed E-state index contributed by atoms with van der Waals surface area (Å²) in [5.74, 6) is -0.365. The van der Waals surface area contributed by atoms with Crippen LogP contribution >= 0.6 is 11.6 Å². The Bertz CT molecular complexity index is 1610. The molecule has 0 unspecified atom stereocenters. The second-order valence-electron chi connectivity index (χ2n) is 7.92. The first-order valence-electron chi connectivity index (χ1n) is 11.1. The van der Waals surface area contributed by atoms with Crippen LogP contribution in [0.1, 0.15) is 0 Å². The minimum absolute atomic E-state index is 0.181. The summed E-state index contributed by atoms with van der Waals surface area (Å²) in [4.78, 5) is 52.2. The number of nitrogens with zero attached hydrogens (tertiary/aromatic N) is 2. The van der Waals surface area contributed by atoms with Crippen molar-refractivity contribution in [3.63, 3.8) is 0 Å². The molecule has 0 fully saturated rings. The number of ether oxygens (including phenoxy) is 2. The summed E-state index contributed by atoms with van der Waals surface area (Å²) in [6.07, 6.45) is 0. The van der Waals surface area contributed by atoms with Crippen LogP contribution in [0.3, 0.4) is 0 Å². The molecule has 2 N–H and O–H groups in total. The molecule has 37 heavy (non-hydrogen) atoms. The average Bonchev–Trinajstić information content (AvgIpc) is 2.89. The van der Waals surface area contributed by atoms with E-state index in [9.17, 15) is 19.2 Å². The first-order chi connectivity index (χ1) is 17.8. The van der Waals surface area contributed by atoms with Crippen molar-refractivity contribution in [3.8, 4) is 11.5 Å². The second-order valence-corrected chi connectivity index (χ2v) is 8.35. The van der Waals surface area contributed by atoms with Gasteiger partial charge in [0.1, 0.15) is 24.6 Å². The molecule has 0 saturated heterocycles. The SMILES string of the molecule is COc1ccccc1NC(=O)Cn1c(=O)c2ccccc2n(CC(=O)Nc2cc(Cl)ccc2OC)c1=O. The Morgan fingerprint density at radius 3 is 2.11 bits per heavy atom. The van der Waals surface area contributed by atoms with E-state index in [-0.39, 0.29) is 10.9 Å². The maximum Gasteiger partial charge on any atom is 0.332 e. The lowest BCUT2D eigenvalue weighted by Crippen LogP contribution is -2.44. The number of hydrogen-bond donors (Lipinski definition) is 2. The Balaban J connectivity index is 1.68. The highest BCUT2D eigenvalue weighted by Gasteiger charge is 2.18. The Morgan fingerprint density at radius 1 is 0.784 bits per heavy atom. The van der Waals surface area contributed by atoms with Crippen LogP contribution in [0.4, 0.5) is 11.4 Å². The number of rotatable bonds is 8. The first kappa shape index (κ1) is 25.5. The quantitative estimate of drug-likeness (QED) is 0.367. The van der Waals surface area contributed by atoms with E-state index in [2.05, 4.69) is 10.6 Å². The normalized spacial score (nSPS) is 10.7. The molecule has 0 bridgehead atoms. The van der Waals surface area contributed by atoms with E-state index in [1.165, 1.54) is 26.4 Å². The number of aromatic nitrogens is 2. The van der Waals surface area contributed by atoms with Crippen LogP contribution in [0.15, 0.2) is 76.3 Å². The summed E-state index contributed by atoms with van der Waals surface area (Å²) in [7, 11) is 2.91. The third kappa shape index (κ3) is 5.49. The van der Waals surface area contributed by atoms with Gasteiger partial charge < -0.3 is 20.1 Å². The fourth-order valence-corrected chi connectivity index (χ4v) is 4.03. The van der Waals surface area contributed by atoms with Crippen molar-refractivity contribution in [3.05, 3.63) is 92.6 Å². The molecule has 4 rings (SSSR count). The molecule has 10 nitrogen and oxygen atoms in total. The molecular weight excluding hydrogens is 500 g/mol. The summed E-state index contributed by atoms with van der Waals surface area (Å²) in [5, 5.41) is 5.88. The standard InChI is InChI=1S/C26H23ClN4O6/c1-36-21-10-6-4-8-18(21)28-24(33)15-31-25(34)17-7-3-5-9-20(17)30(26(31)35)14-23(32)29-19-13-16(27)11-12-22(19)37-2/h3-13H,14-15H2,1-2H3,(H,28,33)(H,29,32). The molecule has 3 aromatic carbocycles. The van der Waals surface area contributed by atoms with Crippen LogP contribution in [0.2, 0.25) is 5.02 Å². The highest BCUT2D eigenvalue weighted by atomic mass is 35.5. The fraction of sp³-hybridized carbons (Fsp3) is 0.154. The monoisotopic (exact) mass is 522 g/mol. The number of halogens is 1. The van der Waals surface area contributed by atoms with E-state index in [1.54, 1.807) is 54.6 Å².